The zero-order valence-corrected chi connectivity index (χ0v) is 15.2. The van der Waals surface area contributed by atoms with Crippen molar-refractivity contribution in [1.29, 1.82) is 0 Å². The maximum Gasteiger partial charge on any atom is 0.260 e. The molecule has 0 radical (unpaired) electrons. The molecule has 130 valence electrons. The summed E-state index contributed by atoms with van der Waals surface area (Å²) in [5, 5.41) is 3.39. The van der Waals surface area contributed by atoms with Gasteiger partial charge in [0.25, 0.3) is 5.91 Å². The minimum absolute atomic E-state index is 0. The van der Waals surface area contributed by atoms with Crippen molar-refractivity contribution < 1.29 is 9.53 Å². The molecule has 0 aliphatic carbocycles. The molecule has 0 spiro atoms. The lowest BCUT2D eigenvalue weighted by atomic mass is 9.97. The van der Waals surface area contributed by atoms with Gasteiger partial charge >= 0.3 is 0 Å². The molecule has 1 saturated heterocycles. The van der Waals surface area contributed by atoms with Gasteiger partial charge in [-0.05, 0) is 69.0 Å². The van der Waals surface area contributed by atoms with Crippen LogP contribution in [0.15, 0.2) is 18.2 Å². The van der Waals surface area contributed by atoms with E-state index < -0.39 is 0 Å². The number of hydrogen-bond acceptors (Lipinski definition) is 3. The number of halogens is 1. The number of nitrogens with zero attached hydrogens (tertiary/aromatic N) is 1. The van der Waals surface area contributed by atoms with Crippen LogP contribution in [0.25, 0.3) is 0 Å². The molecule has 1 N–H and O–H groups in total. The highest BCUT2D eigenvalue weighted by atomic mass is 35.5. The SMILES string of the molecule is CCNCC1CCN(C(=O)COc2ccc(C)c(C)c2)CC1.Cl. The van der Waals surface area contributed by atoms with Crippen LogP contribution in [0.3, 0.4) is 0 Å². The fraction of sp³-hybridized carbons (Fsp3) is 0.611. The summed E-state index contributed by atoms with van der Waals surface area (Å²) >= 11 is 0. The molecule has 2 rings (SSSR count). The van der Waals surface area contributed by atoms with Crippen LogP contribution in [0.1, 0.15) is 30.9 Å². The minimum atomic E-state index is 0. The Morgan fingerprint density at radius 1 is 1.26 bits per heavy atom. The van der Waals surface area contributed by atoms with Crippen molar-refractivity contribution in [3.05, 3.63) is 29.3 Å². The van der Waals surface area contributed by atoms with Gasteiger partial charge in [-0.15, -0.1) is 12.4 Å². The summed E-state index contributed by atoms with van der Waals surface area (Å²) in [5.41, 5.74) is 2.43. The van der Waals surface area contributed by atoms with Gasteiger partial charge in [-0.2, -0.15) is 0 Å². The summed E-state index contributed by atoms with van der Waals surface area (Å²) in [6.07, 6.45) is 2.17. The topological polar surface area (TPSA) is 41.6 Å². The minimum Gasteiger partial charge on any atom is -0.484 e. The quantitative estimate of drug-likeness (QED) is 0.865. The van der Waals surface area contributed by atoms with Crippen LogP contribution in [-0.4, -0.2) is 43.6 Å². The van der Waals surface area contributed by atoms with Crippen molar-refractivity contribution in [3.8, 4) is 5.75 Å². The lowest BCUT2D eigenvalue weighted by molar-refractivity contribution is -0.134. The number of nitrogens with one attached hydrogen (secondary N) is 1. The number of carbonyl (C=O) groups is 1. The van der Waals surface area contributed by atoms with Gasteiger partial charge in [0.05, 0.1) is 0 Å². The van der Waals surface area contributed by atoms with Crippen LogP contribution in [-0.2, 0) is 4.79 Å². The number of carbonyl (C=O) groups excluding carboxylic acids is 1. The Morgan fingerprint density at radius 2 is 1.96 bits per heavy atom. The Labute approximate surface area is 146 Å². The first-order valence-corrected chi connectivity index (χ1v) is 8.28. The number of likely N-dealkylation sites (tertiary alicyclic amines) is 1. The lowest BCUT2D eigenvalue weighted by Gasteiger charge is -2.32. The summed E-state index contributed by atoms with van der Waals surface area (Å²) in [5.74, 6) is 1.57. The lowest BCUT2D eigenvalue weighted by Crippen LogP contribution is -2.42. The molecule has 0 saturated carbocycles. The molecule has 1 heterocycles. The number of amides is 1. The van der Waals surface area contributed by atoms with Gasteiger partial charge in [0.1, 0.15) is 5.75 Å². The molecule has 4 nitrogen and oxygen atoms in total. The molecule has 1 amide bonds. The molecule has 5 heteroatoms. The molecule has 0 aromatic heterocycles. The zero-order valence-electron chi connectivity index (χ0n) is 14.4. The van der Waals surface area contributed by atoms with E-state index in [-0.39, 0.29) is 24.9 Å². The Hall–Kier alpha value is -1.26. The molecular weight excluding hydrogens is 312 g/mol. The number of benzene rings is 1. The van der Waals surface area contributed by atoms with E-state index in [0.717, 1.165) is 44.8 Å². The second kappa shape index (κ2) is 9.78. The number of piperidine rings is 1. The Balaban J connectivity index is 0.00000264. The van der Waals surface area contributed by atoms with Crippen LogP contribution < -0.4 is 10.1 Å². The fourth-order valence-corrected chi connectivity index (χ4v) is 2.78. The van der Waals surface area contributed by atoms with Gasteiger partial charge in [-0.1, -0.05) is 13.0 Å². The first-order chi connectivity index (χ1) is 10.6. The van der Waals surface area contributed by atoms with Gasteiger partial charge in [-0.3, -0.25) is 4.79 Å². The average Bonchev–Trinajstić information content (AvgIpc) is 2.54. The molecule has 1 aliphatic heterocycles. The highest BCUT2D eigenvalue weighted by Gasteiger charge is 2.22. The molecule has 0 atom stereocenters. The van der Waals surface area contributed by atoms with Gasteiger partial charge in [0, 0.05) is 13.1 Å². The summed E-state index contributed by atoms with van der Waals surface area (Å²) < 4.78 is 5.65. The molecular formula is C18H29ClN2O2. The Kier molecular flexibility index (Phi) is 8.42. The van der Waals surface area contributed by atoms with Crippen molar-refractivity contribution in [1.82, 2.24) is 10.2 Å². The molecule has 23 heavy (non-hydrogen) atoms. The second-order valence-corrected chi connectivity index (χ2v) is 6.17. The fourth-order valence-electron chi connectivity index (χ4n) is 2.78. The van der Waals surface area contributed by atoms with E-state index in [9.17, 15) is 4.79 Å². The van der Waals surface area contributed by atoms with Crippen molar-refractivity contribution in [3.63, 3.8) is 0 Å². The average molecular weight is 341 g/mol. The zero-order chi connectivity index (χ0) is 15.9. The van der Waals surface area contributed by atoms with E-state index in [2.05, 4.69) is 26.1 Å². The smallest absolute Gasteiger partial charge is 0.260 e. The van der Waals surface area contributed by atoms with Gasteiger partial charge in [0.2, 0.25) is 0 Å². The van der Waals surface area contributed by atoms with Gasteiger partial charge in [-0.25, -0.2) is 0 Å². The predicted octanol–water partition coefficient (Wildman–Crippen LogP) is 2.95. The molecule has 1 aromatic rings. The van der Waals surface area contributed by atoms with Crippen molar-refractivity contribution in [2.45, 2.75) is 33.6 Å². The number of aryl methyl sites for hydroxylation is 2. The van der Waals surface area contributed by atoms with Crippen molar-refractivity contribution in [2.24, 2.45) is 5.92 Å². The van der Waals surface area contributed by atoms with E-state index in [1.165, 1.54) is 11.1 Å². The standard InChI is InChI=1S/C18H28N2O2.ClH/c1-4-19-12-16-7-9-20(10-8-16)18(21)13-22-17-6-5-14(2)15(3)11-17;/h5-6,11,16,19H,4,7-10,12-13H2,1-3H3;1H. The molecule has 1 aromatic carbocycles. The first-order valence-electron chi connectivity index (χ1n) is 8.28. The predicted molar refractivity (Wildman–Crippen MR) is 96.5 cm³/mol. The third kappa shape index (κ3) is 6.04. The largest absolute Gasteiger partial charge is 0.484 e. The van der Waals surface area contributed by atoms with Crippen LogP contribution >= 0.6 is 12.4 Å². The van der Waals surface area contributed by atoms with Crippen LogP contribution in [0, 0.1) is 19.8 Å². The third-order valence-corrected chi connectivity index (χ3v) is 4.49. The summed E-state index contributed by atoms with van der Waals surface area (Å²) in [4.78, 5) is 14.2. The monoisotopic (exact) mass is 340 g/mol. The van der Waals surface area contributed by atoms with Crippen molar-refractivity contribution in [2.75, 3.05) is 32.8 Å². The van der Waals surface area contributed by atoms with Crippen LogP contribution in [0.2, 0.25) is 0 Å². The van der Waals surface area contributed by atoms with E-state index in [4.69, 9.17) is 4.74 Å². The molecule has 0 unspecified atom stereocenters. The van der Waals surface area contributed by atoms with E-state index >= 15 is 0 Å². The maximum absolute atomic E-state index is 12.2. The normalized spacial score (nSPS) is 15.2. The van der Waals surface area contributed by atoms with Crippen LogP contribution in [0.5, 0.6) is 5.75 Å². The molecule has 0 bridgehead atoms. The number of ether oxygens (including phenoxy) is 1. The van der Waals surface area contributed by atoms with E-state index in [0.29, 0.717) is 5.92 Å². The summed E-state index contributed by atoms with van der Waals surface area (Å²) in [6, 6.07) is 5.95. The van der Waals surface area contributed by atoms with Gasteiger partial charge in [0.15, 0.2) is 6.61 Å². The third-order valence-electron chi connectivity index (χ3n) is 4.49. The maximum atomic E-state index is 12.2. The van der Waals surface area contributed by atoms with Crippen LogP contribution in [0.4, 0.5) is 0 Å². The van der Waals surface area contributed by atoms with E-state index in [1.807, 2.05) is 23.1 Å². The summed E-state index contributed by atoms with van der Waals surface area (Å²) in [7, 11) is 0. The first kappa shape index (κ1) is 19.8. The Bertz CT molecular complexity index is 500. The molecule has 1 fully saturated rings. The second-order valence-electron chi connectivity index (χ2n) is 6.17. The molecule has 1 aliphatic rings. The Morgan fingerprint density at radius 3 is 2.57 bits per heavy atom. The number of rotatable bonds is 6. The highest BCUT2D eigenvalue weighted by molar-refractivity contribution is 5.85. The van der Waals surface area contributed by atoms with Crippen molar-refractivity contribution >= 4 is 18.3 Å². The number of hydrogen-bond donors (Lipinski definition) is 1. The van der Waals surface area contributed by atoms with E-state index in [1.54, 1.807) is 0 Å². The highest BCUT2D eigenvalue weighted by Crippen LogP contribution is 2.18. The summed E-state index contributed by atoms with van der Waals surface area (Å²) in [6.45, 7) is 10.2. The van der Waals surface area contributed by atoms with Gasteiger partial charge < -0.3 is 15.0 Å².